The van der Waals surface area contributed by atoms with Crippen molar-refractivity contribution >= 4 is 17.6 Å². The zero-order chi connectivity index (χ0) is 14.8. The maximum Gasteiger partial charge on any atom is 0.335 e. The van der Waals surface area contributed by atoms with E-state index < -0.39 is 5.97 Å². The summed E-state index contributed by atoms with van der Waals surface area (Å²) in [5.41, 5.74) is 2.85. The molecule has 0 saturated carbocycles. The van der Waals surface area contributed by atoms with Crippen molar-refractivity contribution in [3.8, 4) is 0 Å². The molecule has 4 heteroatoms. The van der Waals surface area contributed by atoms with Gasteiger partial charge >= 0.3 is 5.97 Å². The van der Waals surface area contributed by atoms with E-state index in [4.69, 9.17) is 0 Å². The fourth-order valence-electron chi connectivity index (χ4n) is 2.74. The van der Waals surface area contributed by atoms with Crippen LogP contribution in [0.25, 0.3) is 0 Å². The van der Waals surface area contributed by atoms with Crippen LogP contribution in [0.5, 0.6) is 0 Å². The molecule has 0 unspecified atom stereocenters. The maximum absolute atomic E-state index is 12.5. The Morgan fingerprint density at radius 1 is 1.05 bits per heavy atom. The number of aromatic carboxylic acids is 1. The third-order valence-corrected chi connectivity index (χ3v) is 3.78. The van der Waals surface area contributed by atoms with Crippen molar-refractivity contribution in [2.24, 2.45) is 0 Å². The summed E-state index contributed by atoms with van der Waals surface area (Å²) in [5.74, 6) is -1.06. The first-order valence-corrected chi connectivity index (χ1v) is 6.86. The normalized spacial score (nSPS) is 13.0. The Morgan fingerprint density at radius 3 is 2.57 bits per heavy atom. The number of carboxylic acids is 1. The van der Waals surface area contributed by atoms with Gasteiger partial charge in [0.2, 0.25) is 5.91 Å². The Balaban J connectivity index is 1.84. The molecule has 1 N–H and O–H groups in total. The summed E-state index contributed by atoms with van der Waals surface area (Å²) in [4.78, 5) is 25.4. The summed E-state index contributed by atoms with van der Waals surface area (Å²) in [6, 6.07) is 14.5. The van der Waals surface area contributed by atoms with Crippen LogP contribution in [0.2, 0.25) is 0 Å². The van der Waals surface area contributed by atoms with E-state index in [1.807, 2.05) is 24.3 Å². The monoisotopic (exact) mass is 281 g/mol. The van der Waals surface area contributed by atoms with Gasteiger partial charge in [-0.05, 0) is 29.7 Å². The molecule has 0 aromatic heterocycles. The minimum atomic E-state index is -1.000. The second-order valence-electron chi connectivity index (χ2n) is 5.06. The van der Waals surface area contributed by atoms with Crippen molar-refractivity contribution in [2.75, 3.05) is 11.4 Å². The van der Waals surface area contributed by atoms with E-state index in [9.17, 15) is 14.7 Å². The van der Waals surface area contributed by atoms with Gasteiger partial charge in [-0.25, -0.2) is 4.79 Å². The van der Waals surface area contributed by atoms with Gasteiger partial charge in [-0.2, -0.15) is 0 Å². The molecule has 3 rings (SSSR count). The van der Waals surface area contributed by atoms with Crippen LogP contribution >= 0.6 is 0 Å². The smallest absolute Gasteiger partial charge is 0.335 e. The Labute approximate surface area is 122 Å². The molecule has 1 aliphatic heterocycles. The van der Waals surface area contributed by atoms with Gasteiger partial charge in [0, 0.05) is 12.2 Å². The maximum atomic E-state index is 12.5. The number of benzene rings is 2. The van der Waals surface area contributed by atoms with Gasteiger partial charge in [-0.1, -0.05) is 36.4 Å². The average molecular weight is 281 g/mol. The van der Waals surface area contributed by atoms with Crippen molar-refractivity contribution < 1.29 is 14.7 Å². The molecule has 4 nitrogen and oxygen atoms in total. The summed E-state index contributed by atoms with van der Waals surface area (Å²) < 4.78 is 0. The van der Waals surface area contributed by atoms with Crippen LogP contribution in [0.15, 0.2) is 48.5 Å². The number of fused-ring (bicyclic) bond motifs is 1. The lowest BCUT2D eigenvalue weighted by atomic mass is 10.0. The van der Waals surface area contributed by atoms with Gasteiger partial charge in [0.25, 0.3) is 0 Å². The van der Waals surface area contributed by atoms with Crippen molar-refractivity contribution in [1.82, 2.24) is 0 Å². The first-order valence-electron chi connectivity index (χ1n) is 6.86. The third-order valence-electron chi connectivity index (χ3n) is 3.78. The molecular formula is C17H15NO3. The number of nitrogens with zero attached hydrogens (tertiary/aromatic N) is 1. The number of anilines is 1. The van der Waals surface area contributed by atoms with E-state index in [0.29, 0.717) is 12.1 Å². The largest absolute Gasteiger partial charge is 0.478 e. The molecule has 0 atom stereocenters. The summed E-state index contributed by atoms with van der Waals surface area (Å²) in [7, 11) is 0. The van der Waals surface area contributed by atoms with Crippen molar-refractivity contribution in [2.45, 2.75) is 12.8 Å². The summed E-state index contributed by atoms with van der Waals surface area (Å²) >= 11 is 0. The lowest BCUT2D eigenvalue weighted by molar-refractivity contribution is -0.117. The molecule has 21 heavy (non-hydrogen) atoms. The molecule has 0 fully saturated rings. The van der Waals surface area contributed by atoms with E-state index in [2.05, 4.69) is 0 Å². The van der Waals surface area contributed by atoms with Gasteiger partial charge in [0.05, 0.1) is 12.0 Å². The number of hydrogen-bond acceptors (Lipinski definition) is 2. The van der Waals surface area contributed by atoms with E-state index in [-0.39, 0.29) is 17.9 Å². The zero-order valence-electron chi connectivity index (χ0n) is 11.5. The average Bonchev–Trinajstić information content (AvgIpc) is 2.91. The second-order valence-corrected chi connectivity index (χ2v) is 5.06. The summed E-state index contributed by atoms with van der Waals surface area (Å²) in [5, 5.41) is 9.18. The molecule has 0 radical (unpaired) electrons. The van der Waals surface area contributed by atoms with Crippen LogP contribution in [-0.4, -0.2) is 23.5 Å². The lowest BCUT2D eigenvalue weighted by Gasteiger charge is -2.17. The molecule has 0 aliphatic carbocycles. The molecule has 0 saturated heterocycles. The molecule has 0 spiro atoms. The fraction of sp³-hybridized carbons (Fsp3) is 0.176. The quantitative estimate of drug-likeness (QED) is 0.940. The topological polar surface area (TPSA) is 57.6 Å². The summed E-state index contributed by atoms with van der Waals surface area (Å²) in [6.45, 7) is 0.660. The number of para-hydroxylation sites is 1. The third kappa shape index (κ3) is 2.52. The Hall–Kier alpha value is -2.62. The summed E-state index contributed by atoms with van der Waals surface area (Å²) in [6.07, 6.45) is 0.958. The van der Waals surface area contributed by atoms with Gasteiger partial charge in [0.15, 0.2) is 0 Å². The fourth-order valence-corrected chi connectivity index (χ4v) is 2.74. The van der Waals surface area contributed by atoms with E-state index in [1.54, 1.807) is 23.1 Å². The minimum Gasteiger partial charge on any atom is -0.478 e. The minimum absolute atomic E-state index is 0.0614. The van der Waals surface area contributed by atoms with Crippen molar-refractivity contribution in [3.63, 3.8) is 0 Å². The molecule has 2 aromatic carbocycles. The SMILES string of the molecule is O=C(O)c1ccccc1CC(=O)N1CCc2ccccc21. The molecule has 1 aliphatic rings. The van der Waals surface area contributed by atoms with Gasteiger partial charge in [-0.3, -0.25) is 4.79 Å². The number of amides is 1. The molecule has 106 valence electrons. The van der Waals surface area contributed by atoms with Crippen molar-refractivity contribution in [3.05, 3.63) is 65.2 Å². The highest BCUT2D eigenvalue weighted by molar-refractivity contribution is 5.98. The number of carbonyl (C=O) groups is 2. The second kappa shape index (κ2) is 5.40. The first kappa shape index (κ1) is 13.4. The van der Waals surface area contributed by atoms with E-state index in [0.717, 1.165) is 17.7 Å². The van der Waals surface area contributed by atoms with Crippen LogP contribution in [0.4, 0.5) is 5.69 Å². The Kier molecular flexibility index (Phi) is 3.44. The van der Waals surface area contributed by atoms with Crippen molar-refractivity contribution in [1.29, 1.82) is 0 Å². The van der Waals surface area contributed by atoms with Crippen LogP contribution in [0.1, 0.15) is 21.5 Å². The van der Waals surface area contributed by atoms with E-state index in [1.165, 1.54) is 6.07 Å². The molecule has 1 amide bonds. The van der Waals surface area contributed by atoms with Crippen LogP contribution < -0.4 is 4.90 Å². The predicted octanol–water partition coefficient (Wildman–Crippen LogP) is 2.52. The highest BCUT2D eigenvalue weighted by atomic mass is 16.4. The molecule has 0 bridgehead atoms. The number of hydrogen-bond donors (Lipinski definition) is 1. The molecule has 1 heterocycles. The van der Waals surface area contributed by atoms with E-state index >= 15 is 0 Å². The highest BCUT2D eigenvalue weighted by Gasteiger charge is 2.25. The Morgan fingerprint density at radius 2 is 1.76 bits per heavy atom. The van der Waals surface area contributed by atoms with Gasteiger partial charge < -0.3 is 10.0 Å². The number of carbonyl (C=O) groups excluding carboxylic acids is 1. The lowest BCUT2D eigenvalue weighted by Crippen LogP contribution is -2.30. The Bertz CT molecular complexity index is 709. The molecular weight excluding hydrogens is 266 g/mol. The van der Waals surface area contributed by atoms with Gasteiger partial charge in [0.1, 0.15) is 0 Å². The molecule has 2 aromatic rings. The zero-order valence-corrected chi connectivity index (χ0v) is 11.5. The highest BCUT2D eigenvalue weighted by Crippen LogP contribution is 2.28. The first-order chi connectivity index (χ1) is 10.2. The van der Waals surface area contributed by atoms with Crippen LogP contribution in [0, 0.1) is 0 Å². The van der Waals surface area contributed by atoms with Crippen LogP contribution in [0.3, 0.4) is 0 Å². The van der Waals surface area contributed by atoms with Crippen LogP contribution in [-0.2, 0) is 17.6 Å². The number of rotatable bonds is 3. The number of carboxylic acid groups (broad SMARTS) is 1. The predicted molar refractivity (Wildman–Crippen MR) is 79.6 cm³/mol. The standard InChI is InChI=1S/C17H15NO3/c19-16(11-13-6-1-3-7-14(13)17(20)21)18-10-9-12-5-2-4-8-15(12)18/h1-8H,9-11H2,(H,20,21). The van der Waals surface area contributed by atoms with Gasteiger partial charge in [-0.15, -0.1) is 0 Å².